The quantitative estimate of drug-likeness (QED) is 0.580. The summed E-state index contributed by atoms with van der Waals surface area (Å²) in [6, 6.07) is 5.43. The molecule has 0 bridgehead atoms. The highest BCUT2D eigenvalue weighted by Gasteiger charge is 1.99. The highest BCUT2D eigenvalue weighted by Crippen LogP contribution is 2.24. The van der Waals surface area contributed by atoms with Crippen molar-refractivity contribution >= 4 is 23.4 Å². The van der Waals surface area contributed by atoms with Gasteiger partial charge in [0, 0.05) is 23.5 Å². The van der Waals surface area contributed by atoms with Crippen molar-refractivity contribution in [2.24, 2.45) is 0 Å². The lowest BCUT2D eigenvalue weighted by Crippen LogP contribution is -1.83. The third-order valence-corrected chi connectivity index (χ3v) is 2.54. The summed E-state index contributed by atoms with van der Waals surface area (Å²) in [5.41, 5.74) is 0. The number of halogens is 1. The van der Waals surface area contributed by atoms with E-state index in [9.17, 15) is 0 Å². The Balaban J connectivity index is 2.19. The second kappa shape index (κ2) is 4.39. The third kappa shape index (κ3) is 2.43. The Kier molecular flexibility index (Phi) is 2.96. The predicted molar refractivity (Wildman–Crippen MR) is 55.4 cm³/mol. The molecule has 0 amide bonds. The zero-order valence-corrected chi connectivity index (χ0v) is 8.66. The van der Waals surface area contributed by atoms with Crippen LogP contribution < -0.4 is 0 Å². The van der Waals surface area contributed by atoms with Gasteiger partial charge in [-0.2, -0.15) is 0 Å². The van der Waals surface area contributed by atoms with Gasteiger partial charge in [0.15, 0.2) is 5.16 Å². The van der Waals surface area contributed by atoms with Gasteiger partial charge in [0.2, 0.25) is 0 Å². The standard InChI is InChI=1S/C9H6ClN3S/c10-8-6-7(2-5-11-8)14-9-12-3-1-4-13-9/h1-6H. The van der Waals surface area contributed by atoms with E-state index < -0.39 is 0 Å². The van der Waals surface area contributed by atoms with Crippen molar-refractivity contribution in [1.82, 2.24) is 15.0 Å². The summed E-state index contributed by atoms with van der Waals surface area (Å²) >= 11 is 7.20. The molecule has 2 rings (SSSR count). The van der Waals surface area contributed by atoms with E-state index in [4.69, 9.17) is 11.6 Å². The molecule has 0 unspecified atom stereocenters. The zero-order valence-electron chi connectivity index (χ0n) is 7.09. The van der Waals surface area contributed by atoms with Crippen molar-refractivity contribution in [2.75, 3.05) is 0 Å². The smallest absolute Gasteiger partial charge is 0.192 e. The van der Waals surface area contributed by atoms with Gasteiger partial charge in [0.05, 0.1) is 0 Å². The van der Waals surface area contributed by atoms with Gasteiger partial charge in [-0.05, 0) is 30.0 Å². The van der Waals surface area contributed by atoms with Crippen molar-refractivity contribution < 1.29 is 0 Å². The van der Waals surface area contributed by atoms with Crippen molar-refractivity contribution in [2.45, 2.75) is 10.1 Å². The second-order valence-electron chi connectivity index (χ2n) is 2.45. The highest BCUT2D eigenvalue weighted by atomic mass is 35.5. The van der Waals surface area contributed by atoms with Crippen LogP contribution in [0.3, 0.4) is 0 Å². The summed E-state index contributed by atoms with van der Waals surface area (Å²) in [6.45, 7) is 0. The Bertz CT molecular complexity index is 421. The number of nitrogens with zero attached hydrogens (tertiary/aromatic N) is 3. The van der Waals surface area contributed by atoms with Gasteiger partial charge in [-0.15, -0.1) is 0 Å². The van der Waals surface area contributed by atoms with Crippen LogP contribution in [0.5, 0.6) is 0 Å². The molecule has 0 aliphatic rings. The third-order valence-electron chi connectivity index (χ3n) is 1.45. The summed E-state index contributed by atoms with van der Waals surface area (Å²) in [6.07, 6.45) is 5.07. The molecule has 0 atom stereocenters. The van der Waals surface area contributed by atoms with Gasteiger partial charge >= 0.3 is 0 Å². The molecule has 0 saturated heterocycles. The largest absolute Gasteiger partial charge is 0.244 e. The first-order valence-corrected chi connectivity index (χ1v) is 5.10. The van der Waals surface area contributed by atoms with Gasteiger partial charge < -0.3 is 0 Å². The van der Waals surface area contributed by atoms with Gasteiger partial charge in [-0.25, -0.2) is 15.0 Å². The molecule has 2 aromatic rings. The zero-order chi connectivity index (χ0) is 9.80. The maximum absolute atomic E-state index is 5.75. The Labute approximate surface area is 90.6 Å². The fourth-order valence-electron chi connectivity index (χ4n) is 0.892. The molecule has 0 radical (unpaired) electrons. The number of hydrogen-bond donors (Lipinski definition) is 0. The first-order chi connectivity index (χ1) is 6.84. The van der Waals surface area contributed by atoms with Crippen LogP contribution in [0.4, 0.5) is 0 Å². The van der Waals surface area contributed by atoms with Crippen LogP contribution >= 0.6 is 23.4 Å². The molecule has 5 heteroatoms. The molecule has 3 nitrogen and oxygen atoms in total. The number of aromatic nitrogens is 3. The molecule has 70 valence electrons. The van der Waals surface area contributed by atoms with Gasteiger partial charge in [0.1, 0.15) is 5.15 Å². The summed E-state index contributed by atoms with van der Waals surface area (Å²) in [4.78, 5) is 13.1. The van der Waals surface area contributed by atoms with E-state index in [2.05, 4.69) is 15.0 Å². The van der Waals surface area contributed by atoms with Crippen LogP contribution in [-0.4, -0.2) is 15.0 Å². The predicted octanol–water partition coefficient (Wildman–Crippen LogP) is 2.68. The fraction of sp³-hybridized carbons (Fsp3) is 0. The lowest BCUT2D eigenvalue weighted by molar-refractivity contribution is 0.966. The van der Waals surface area contributed by atoms with E-state index in [0.29, 0.717) is 10.3 Å². The molecule has 0 aliphatic carbocycles. The van der Waals surface area contributed by atoms with Crippen LogP contribution in [-0.2, 0) is 0 Å². The Morgan fingerprint density at radius 3 is 2.57 bits per heavy atom. The Morgan fingerprint density at radius 1 is 1.07 bits per heavy atom. The van der Waals surface area contributed by atoms with Crippen molar-refractivity contribution in [3.63, 3.8) is 0 Å². The number of rotatable bonds is 2. The molecule has 0 spiro atoms. The Hall–Kier alpha value is -1.13. The lowest BCUT2D eigenvalue weighted by atomic mass is 10.5. The minimum atomic E-state index is 0.478. The molecular formula is C9H6ClN3S. The molecule has 0 saturated carbocycles. The minimum absolute atomic E-state index is 0.478. The van der Waals surface area contributed by atoms with Crippen molar-refractivity contribution in [3.05, 3.63) is 41.9 Å². The average molecular weight is 224 g/mol. The molecule has 2 heterocycles. The first kappa shape index (κ1) is 9.43. The number of hydrogen-bond acceptors (Lipinski definition) is 4. The summed E-state index contributed by atoms with van der Waals surface area (Å²) in [7, 11) is 0. The van der Waals surface area contributed by atoms with Crippen LogP contribution in [0.1, 0.15) is 0 Å². The molecule has 0 N–H and O–H groups in total. The molecular weight excluding hydrogens is 218 g/mol. The normalized spacial score (nSPS) is 10.1. The SMILES string of the molecule is Clc1cc(Sc2ncccn2)ccn1. The molecule has 14 heavy (non-hydrogen) atoms. The summed E-state index contributed by atoms with van der Waals surface area (Å²) in [5, 5.41) is 1.18. The lowest BCUT2D eigenvalue weighted by Gasteiger charge is -1.98. The van der Waals surface area contributed by atoms with Crippen LogP contribution in [0.25, 0.3) is 0 Å². The topological polar surface area (TPSA) is 38.7 Å². The van der Waals surface area contributed by atoms with Gasteiger partial charge in [0.25, 0.3) is 0 Å². The highest BCUT2D eigenvalue weighted by molar-refractivity contribution is 7.99. The summed E-state index contributed by atoms with van der Waals surface area (Å²) < 4.78 is 0. The second-order valence-corrected chi connectivity index (χ2v) is 3.88. The minimum Gasteiger partial charge on any atom is -0.244 e. The van der Waals surface area contributed by atoms with Crippen molar-refractivity contribution in [1.29, 1.82) is 0 Å². The van der Waals surface area contributed by atoms with E-state index >= 15 is 0 Å². The van der Waals surface area contributed by atoms with Crippen LogP contribution in [0.2, 0.25) is 5.15 Å². The van der Waals surface area contributed by atoms with Crippen LogP contribution in [0.15, 0.2) is 46.8 Å². The number of pyridine rings is 1. The molecule has 0 aliphatic heterocycles. The van der Waals surface area contributed by atoms with E-state index in [0.717, 1.165) is 4.90 Å². The van der Waals surface area contributed by atoms with Gasteiger partial charge in [-0.1, -0.05) is 11.6 Å². The molecule has 0 fully saturated rings. The van der Waals surface area contributed by atoms with Crippen molar-refractivity contribution in [3.8, 4) is 0 Å². The molecule has 0 aromatic carbocycles. The van der Waals surface area contributed by atoms with E-state index in [1.807, 2.05) is 6.07 Å². The van der Waals surface area contributed by atoms with Gasteiger partial charge in [-0.3, -0.25) is 0 Å². The van der Waals surface area contributed by atoms with Crippen LogP contribution in [0, 0.1) is 0 Å². The maximum Gasteiger partial charge on any atom is 0.192 e. The molecule has 2 aromatic heterocycles. The van der Waals surface area contributed by atoms with E-state index in [1.54, 1.807) is 30.7 Å². The first-order valence-electron chi connectivity index (χ1n) is 3.91. The monoisotopic (exact) mass is 223 g/mol. The van der Waals surface area contributed by atoms with E-state index in [-0.39, 0.29) is 0 Å². The fourth-order valence-corrected chi connectivity index (χ4v) is 1.87. The summed E-state index contributed by atoms with van der Waals surface area (Å²) in [5.74, 6) is 0. The average Bonchev–Trinajstić information content (AvgIpc) is 2.19. The Morgan fingerprint density at radius 2 is 1.86 bits per heavy atom. The maximum atomic E-state index is 5.75. The van der Waals surface area contributed by atoms with E-state index in [1.165, 1.54) is 11.8 Å².